The van der Waals surface area contributed by atoms with E-state index >= 15 is 0 Å². The van der Waals surface area contributed by atoms with Crippen molar-refractivity contribution in [2.24, 2.45) is 5.14 Å². The fourth-order valence-corrected chi connectivity index (χ4v) is 1.92. The van der Waals surface area contributed by atoms with Crippen molar-refractivity contribution in [1.29, 1.82) is 5.26 Å². The molecule has 2 N–H and O–H groups in total. The molecule has 0 fully saturated rings. The third-order valence-electron chi connectivity index (χ3n) is 1.67. The molecule has 9 heteroatoms. The number of hydrogen-bond donors (Lipinski definition) is 1. The van der Waals surface area contributed by atoms with E-state index in [1.807, 2.05) is 0 Å². The fraction of sp³-hybridized carbons (Fsp3) is 0.143. The molecule has 1 aromatic heterocycles. The maximum Gasteiger partial charge on any atom is 0.266 e. The normalized spacial score (nSPS) is 11.5. The van der Waals surface area contributed by atoms with Crippen molar-refractivity contribution in [3.8, 4) is 6.07 Å². The summed E-state index contributed by atoms with van der Waals surface area (Å²) in [4.78, 5) is 2.41. The highest BCUT2D eigenvalue weighted by Crippen LogP contribution is 2.31. The number of halogens is 3. The van der Waals surface area contributed by atoms with Crippen LogP contribution in [0.25, 0.3) is 0 Å². The molecule has 0 spiro atoms. The molecule has 0 bridgehead atoms. The number of rotatable bonds is 2. The number of sulfonamides is 1. The first-order valence-electron chi connectivity index (χ1n) is 3.68. The Bertz CT molecular complexity index is 568. The zero-order valence-electron chi connectivity index (χ0n) is 7.49. The van der Waals surface area contributed by atoms with Gasteiger partial charge in [-0.25, -0.2) is 27.3 Å². The maximum absolute atomic E-state index is 12.6. The van der Waals surface area contributed by atoms with Crippen LogP contribution in [-0.2, 0) is 10.0 Å². The maximum atomic E-state index is 12.6. The predicted octanol–water partition coefficient (Wildman–Crippen LogP) is 1.19. The third kappa shape index (κ3) is 2.27. The van der Waals surface area contributed by atoms with Gasteiger partial charge in [0.05, 0.1) is 11.1 Å². The second kappa shape index (κ2) is 4.29. The van der Waals surface area contributed by atoms with Crippen LogP contribution >= 0.6 is 11.6 Å². The van der Waals surface area contributed by atoms with Crippen LogP contribution < -0.4 is 5.14 Å². The van der Waals surface area contributed by atoms with Crippen LogP contribution in [-0.4, -0.2) is 13.4 Å². The van der Waals surface area contributed by atoms with Crippen molar-refractivity contribution in [2.45, 2.75) is 11.3 Å². The summed E-state index contributed by atoms with van der Waals surface area (Å²) in [6.45, 7) is 0. The van der Waals surface area contributed by atoms with Gasteiger partial charge in [0.15, 0.2) is 0 Å². The topological polar surface area (TPSA) is 96.8 Å². The minimum absolute atomic E-state index is 0.495. The molecular formula is C7H4ClF2N3O2S. The van der Waals surface area contributed by atoms with Crippen LogP contribution in [0.4, 0.5) is 8.78 Å². The lowest BCUT2D eigenvalue weighted by molar-refractivity contribution is 0.147. The molecule has 0 aliphatic heterocycles. The number of aromatic nitrogens is 1. The van der Waals surface area contributed by atoms with Crippen molar-refractivity contribution >= 4 is 21.6 Å². The van der Waals surface area contributed by atoms with Crippen molar-refractivity contribution in [3.05, 3.63) is 22.5 Å². The van der Waals surface area contributed by atoms with E-state index < -0.39 is 37.6 Å². The molecule has 0 atom stereocenters. The van der Waals surface area contributed by atoms with Crippen LogP contribution in [0.5, 0.6) is 0 Å². The van der Waals surface area contributed by atoms with Gasteiger partial charge < -0.3 is 0 Å². The summed E-state index contributed by atoms with van der Waals surface area (Å²) in [5, 5.41) is 12.8. The molecule has 1 heterocycles. The molecule has 0 saturated heterocycles. The Kier molecular flexibility index (Phi) is 3.42. The lowest BCUT2D eigenvalue weighted by Gasteiger charge is -2.08. The van der Waals surface area contributed by atoms with Crippen LogP contribution in [0.3, 0.4) is 0 Å². The second-order valence-corrected chi connectivity index (χ2v) is 4.55. The van der Waals surface area contributed by atoms with Crippen LogP contribution in [0.15, 0.2) is 11.1 Å². The highest BCUT2D eigenvalue weighted by atomic mass is 35.5. The Labute approximate surface area is 94.5 Å². The van der Waals surface area contributed by atoms with Crippen molar-refractivity contribution in [3.63, 3.8) is 0 Å². The van der Waals surface area contributed by atoms with E-state index in [-0.39, 0.29) is 0 Å². The van der Waals surface area contributed by atoms with E-state index in [0.29, 0.717) is 6.20 Å². The first kappa shape index (κ1) is 12.8. The van der Waals surface area contributed by atoms with E-state index in [1.54, 1.807) is 0 Å². The molecule has 86 valence electrons. The van der Waals surface area contributed by atoms with Gasteiger partial charge >= 0.3 is 0 Å². The molecule has 1 rings (SSSR count). The van der Waals surface area contributed by atoms with Crippen molar-refractivity contribution < 1.29 is 17.2 Å². The van der Waals surface area contributed by atoms with Gasteiger partial charge in [-0.05, 0) is 0 Å². The monoisotopic (exact) mass is 267 g/mol. The lowest BCUT2D eigenvalue weighted by atomic mass is 10.1. The van der Waals surface area contributed by atoms with Gasteiger partial charge in [0.25, 0.3) is 6.43 Å². The zero-order chi connectivity index (χ0) is 12.5. The Morgan fingerprint density at radius 1 is 1.56 bits per heavy atom. The fourth-order valence-electron chi connectivity index (χ4n) is 1.03. The number of alkyl halides is 2. The van der Waals surface area contributed by atoms with Crippen LogP contribution in [0.1, 0.15) is 17.6 Å². The summed E-state index contributed by atoms with van der Waals surface area (Å²) in [5.41, 5.74) is -1.71. The molecule has 0 amide bonds. The number of nitriles is 1. The second-order valence-electron chi connectivity index (χ2n) is 2.66. The highest BCUT2D eigenvalue weighted by Gasteiger charge is 2.26. The SMILES string of the molecule is N#Cc1c(Cl)ncc(S(N)(=O)=O)c1C(F)F. The van der Waals surface area contributed by atoms with Gasteiger partial charge in [-0.3, -0.25) is 0 Å². The Morgan fingerprint density at radius 3 is 2.50 bits per heavy atom. The first-order chi connectivity index (χ1) is 7.29. The number of hydrogen-bond acceptors (Lipinski definition) is 4. The Morgan fingerprint density at radius 2 is 2.12 bits per heavy atom. The number of nitrogens with two attached hydrogens (primary N) is 1. The molecule has 1 aromatic rings. The van der Waals surface area contributed by atoms with Gasteiger partial charge in [0.1, 0.15) is 16.1 Å². The summed E-state index contributed by atoms with van der Waals surface area (Å²) in [7, 11) is -4.38. The molecule has 0 unspecified atom stereocenters. The Hall–Kier alpha value is -1.30. The zero-order valence-corrected chi connectivity index (χ0v) is 9.06. The quantitative estimate of drug-likeness (QED) is 0.814. The minimum atomic E-state index is -4.38. The number of primary sulfonamides is 1. The summed E-state index contributed by atoms with van der Waals surface area (Å²) in [5.74, 6) is 0. The van der Waals surface area contributed by atoms with Crippen molar-refractivity contribution in [2.75, 3.05) is 0 Å². The number of nitrogens with zero attached hydrogens (tertiary/aromatic N) is 2. The average Bonchev–Trinajstić information content (AvgIpc) is 2.14. The molecular weight excluding hydrogens is 264 g/mol. The molecule has 0 aromatic carbocycles. The largest absolute Gasteiger partial charge is 0.266 e. The minimum Gasteiger partial charge on any atom is -0.242 e. The lowest BCUT2D eigenvalue weighted by Crippen LogP contribution is -2.16. The molecule has 0 saturated carbocycles. The summed E-state index contributed by atoms with van der Waals surface area (Å²) < 4.78 is 47.2. The van der Waals surface area contributed by atoms with Gasteiger partial charge in [-0.1, -0.05) is 11.6 Å². The molecule has 0 aliphatic carbocycles. The average molecular weight is 268 g/mol. The van der Waals surface area contributed by atoms with E-state index in [4.69, 9.17) is 22.0 Å². The number of pyridine rings is 1. The molecule has 0 radical (unpaired) electrons. The van der Waals surface area contributed by atoms with E-state index in [9.17, 15) is 17.2 Å². The smallest absolute Gasteiger partial charge is 0.242 e. The third-order valence-corrected chi connectivity index (χ3v) is 2.90. The summed E-state index contributed by atoms with van der Waals surface area (Å²) >= 11 is 5.39. The first-order valence-corrected chi connectivity index (χ1v) is 5.61. The van der Waals surface area contributed by atoms with Crippen molar-refractivity contribution in [1.82, 2.24) is 4.98 Å². The molecule has 5 nitrogen and oxygen atoms in total. The van der Waals surface area contributed by atoms with E-state index in [1.165, 1.54) is 6.07 Å². The van der Waals surface area contributed by atoms with Crippen LogP contribution in [0, 0.1) is 11.3 Å². The van der Waals surface area contributed by atoms with E-state index in [2.05, 4.69) is 4.98 Å². The molecule has 0 aliphatic rings. The predicted molar refractivity (Wildman–Crippen MR) is 50.3 cm³/mol. The molecule has 16 heavy (non-hydrogen) atoms. The van der Waals surface area contributed by atoms with Gasteiger partial charge in [-0.2, -0.15) is 5.26 Å². The van der Waals surface area contributed by atoms with Gasteiger partial charge in [-0.15, -0.1) is 0 Å². The van der Waals surface area contributed by atoms with E-state index in [0.717, 1.165) is 0 Å². The van der Waals surface area contributed by atoms with Gasteiger partial charge in [0, 0.05) is 6.20 Å². The van der Waals surface area contributed by atoms with Gasteiger partial charge in [0.2, 0.25) is 10.0 Å². The standard InChI is InChI=1S/C7H4ClF2N3O2S/c8-6-3(1-11)5(7(9)10)4(2-13-6)16(12,14)15/h2,7H,(H2,12,14,15). The highest BCUT2D eigenvalue weighted by molar-refractivity contribution is 7.89. The summed E-state index contributed by atoms with van der Waals surface area (Å²) in [6.07, 6.45) is -2.59. The van der Waals surface area contributed by atoms with Crippen LogP contribution in [0.2, 0.25) is 5.15 Å². The summed E-state index contributed by atoms with van der Waals surface area (Å²) in [6, 6.07) is 1.36. The Balaban J connectivity index is 3.74.